The van der Waals surface area contributed by atoms with E-state index in [1.165, 1.54) is 11.3 Å². The molecule has 5 nitrogen and oxygen atoms in total. The van der Waals surface area contributed by atoms with Crippen LogP contribution in [0.4, 0.5) is 11.4 Å². The van der Waals surface area contributed by atoms with Crippen LogP contribution in [0.3, 0.4) is 0 Å². The van der Waals surface area contributed by atoms with Crippen molar-refractivity contribution in [3.63, 3.8) is 0 Å². The van der Waals surface area contributed by atoms with Gasteiger partial charge in [-0.25, -0.2) is 5.01 Å². The molecule has 0 radical (unpaired) electrons. The van der Waals surface area contributed by atoms with Gasteiger partial charge in [-0.3, -0.25) is 4.79 Å². The lowest BCUT2D eigenvalue weighted by Gasteiger charge is -2.30. The maximum Gasteiger partial charge on any atom is 0.274 e. The smallest absolute Gasteiger partial charge is 0.274 e. The Balaban J connectivity index is 1.54. The van der Waals surface area contributed by atoms with E-state index in [1.54, 1.807) is 5.01 Å². The summed E-state index contributed by atoms with van der Waals surface area (Å²) in [4.78, 5) is 18.0. The van der Waals surface area contributed by atoms with Gasteiger partial charge >= 0.3 is 0 Å². The minimum absolute atomic E-state index is 0.0641. The van der Waals surface area contributed by atoms with Crippen molar-refractivity contribution in [3.05, 3.63) is 99.5 Å². The van der Waals surface area contributed by atoms with E-state index in [1.807, 2.05) is 38.4 Å². The molecule has 1 fully saturated rings. The highest BCUT2D eigenvalue weighted by molar-refractivity contribution is 9.10. The molecule has 2 unspecified atom stereocenters. The van der Waals surface area contributed by atoms with E-state index in [0.29, 0.717) is 5.56 Å². The molecule has 6 heteroatoms. The zero-order valence-electron chi connectivity index (χ0n) is 21.9. The summed E-state index contributed by atoms with van der Waals surface area (Å²) in [5, 5.41) is 6.79. The minimum atomic E-state index is -0.123. The lowest BCUT2D eigenvalue weighted by molar-refractivity contribution is 0.0681. The van der Waals surface area contributed by atoms with Crippen LogP contribution in [0.15, 0.2) is 87.9 Å². The van der Waals surface area contributed by atoms with E-state index in [-0.39, 0.29) is 17.9 Å². The quantitative estimate of drug-likeness (QED) is 0.339. The molecule has 0 aromatic heterocycles. The number of nitrogens with zero attached hydrogens (tertiary/aromatic N) is 4. The summed E-state index contributed by atoms with van der Waals surface area (Å²) in [6.07, 6.45) is 5.32. The summed E-state index contributed by atoms with van der Waals surface area (Å²) < 4.78 is 0.951. The Morgan fingerprint density at radius 1 is 0.892 bits per heavy atom. The largest absolute Gasteiger partial charge is 0.378 e. The molecule has 190 valence electrons. The molecule has 0 N–H and O–H groups in total. The molecular weight excluding hydrogens is 524 g/mol. The number of hydrogen-bond acceptors (Lipinski definition) is 4. The molecule has 0 bridgehead atoms. The van der Waals surface area contributed by atoms with E-state index in [4.69, 9.17) is 5.10 Å². The molecule has 1 saturated carbocycles. The number of rotatable bonds is 5. The third-order valence-corrected chi connectivity index (χ3v) is 7.83. The second kappa shape index (κ2) is 10.5. The molecule has 1 aliphatic carbocycles. The van der Waals surface area contributed by atoms with Crippen molar-refractivity contribution in [2.24, 2.45) is 11.0 Å². The van der Waals surface area contributed by atoms with Gasteiger partial charge in [-0.05, 0) is 90.6 Å². The van der Waals surface area contributed by atoms with E-state index >= 15 is 0 Å². The average molecular weight is 558 g/mol. The van der Waals surface area contributed by atoms with Gasteiger partial charge in [0.1, 0.15) is 0 Å². The summed E-state index contributed by atoms with van der Waals surface area (Å²) in [6.45, 7) is 0. The topological polar surface area (TPSA) is 39.1 Å². The van der Waals surface area contributed by atoms with E-state index in [9.17, 15) is 4.79 Å². The summed E-state index contributed by atoms with van der Waals surface area (Å²) >= 11 is 3.48. The highest BCUT2D eigenvalue weighted by Crippen LogP contribution is 2.45. The van der Waals surface area contributed by atoms with Gasteiger partial charge in [-0.15, -0.1) is 0 Å². The van der Waals surface area contributed by atoms with Crippen LogP contribution in [-0.4, -0.2) is 44.8 Å². The monoisotopic (exact) mass is 556 g/mol. The first-order valence-electron chi connectivity index (χ1n) is 12.7. The molecule has 37 heavy (non-hydrogen) atoms. The molecule has 0 spiro atoms. The maximum atomic E-state index is 13.8. The van der Waals surface area contributed by atoms with Gasteiger partial charge < -0.3 is 9.80 Å². The van der Waals surface area contributed by atoms with E-state index in [0.717, 1.165) is 46.3 Å². The van der Waals surface area contributed by atoms with Gasteiger partial charge in [-0.2, -0.15) is 5.10 Å². The number of fused-ring (bicyclic) bond motifs is 1. The van der Waals surface area contributed by atoms with Gasteiger partial charge in [0, 0.05) is 55.5 Å². The van der Waals surface area contributed by atoms with Gasteiger partial charge in [0.05, 0.1) is 11.8 Å². The summed E-state index contributed by atoms with van der Waals surface area (Å²) in [5.74, 6) is 0.108. The molecule has 1 heterocycles. The van der Waals surface area contributed by atoms with Gasteiger partial charge in [0.25, 0.3) is 5.91 Å². The third kappa shape index (κ3) is 5.21. The number of allylic oxidation sites excluding steroid dienone is 1. The molecule has 2 aliphatic rings. The fraction of sp³-hybridized carbons (Fsp3) is 0.290. The first-order chi connectivity index (χ1) is 17.8. The Morgan fingerprint density at radius 3 is 2.08 bits per heavy atom. The summed E-state index contributed by atoms with van der Waals surface area (Å²) in [6, 6.07) is 24.6. The van der Waals surface area contributed by atoms with Crippen molar-refractivity contribution in [1.29, 1.82) is 0 Å². The molecule has 3 aromatic rings. The molecule has 1 amide bonds. The SMILES string of the molecule is CN(C)c1ccc(/C=C2\CCCC3C2=NN(C(=O)c2ccc(Br)cc2)C3c2ccc(N(C)C)cc2)cc1. The molecule has 0 saturated heterocycles. The number of amides is 1. The zero-order valence-corrected chi connectivity index (χ0v) is 23.4. The van der Waals surface area contributed by atoms with Crippen molar-refractivity contribution in [3.8, 4) is 0 Å². The van der Waals surface area contributed by atoms with E-state index < -0.39 is 0 Å². The number of hydrogen-bond donors (Lipinski definition) is 0. The fourth-order valence-electron chi connectivity index (χ4n) is 5.27. The fourth-order valence-corrected chi connectivity index (χ4v) is 5.53. The predicted octanol–water partition coefficient (Wildman–Crippen LogP) is 7.02. The zero-order chi connectivity index (χ0) is 26.1. The van der Waals surface area contributed by atoms with E-state index in [2.05, 4.69) is 94.4 Å². The van der Waals surface area contributed by atoms with Crippen LogP contribution < -0.4 is 9.80 Å². The number of hydrazone groups is 1. The van der Waals surface area contributed by atoms with Crippen molar-refractivity contribution in [2.45, 2.75) is 25.3 Å². The van der Waals surface area contributed by atoms with Crippen LogP contribution in [0.25, 0.3) is 6.08 Å². The van der Waals surface area contributed by atoms with Crippen LogP contribution in [0.2, 0.25) is 0 Å². The Morgan fingerprint density at radius 2 is 1.49 bits per heavy atom. The Labute approximate surface area is 228 Å². The van der Waals surface area contributed by atoms with Crippen LogP contribution in [0.1, 0.15) is 46.8 Å². The highest BCUT2D eigenvalue weighted by atomic mass is 79.9. The first kappa shape index (κ1) is 25.3. The van der Waals surface area contributed by atoms with Crippen molar-refractivity contribution in [2.75, 3.05) is 38.0 Å². The van der Waals surface area contributed by atoms with Crippen molar-refractivity contribution in [1.82, 2.24) is 5.01 Å². The average Bonchev–Trinajstić information content (AvgIpc) is 3.30. The number of anilines is 2. The molecule has 1 aliphatic heterocycles. The lowest BCUT2D eigenvalue weighted by Crippen LogP contribution is -2.32. The third-order valence-electron chi connectivity index (χ3n) is 7.30. The Kier molecular flexibility index (Phi) is 7.20. The number of benzene rings is 3. The van der Waals surface area contributed by atoms with Gasteiger partial charge in [0.15, 0.2) is 0 Å². The molecular formula is C31H33BrN4O. The highest BCUT2D eigenvalue weighted by Gasteiger charge is 2.43. The van der Waals surface area contributed by atoms with Crippen molar-refractivity contribution < 1.29 is 4.79 Å². The molecule has 5 rings (SSSR count). The second-order valence-electron chi connectivity index (χ2n) is 10.2. The Hall–Kier alpha value is -3.38. The second-order valence-corrected chi connectivity index (χ2v) is 11.1. The number of carbonyl (C=O) groups excluding carboxylic acids is 1. The van der Waals surface area contributed by atoms with Crippen LogP contribution in [0.5, 0.6) is 0 Å². The van der Waals surface area contributed by atoms with Crippen molar-refractivity contribution >= 4 is 45.0 Å². The first-order valence-corrected chi connectivity index (χ1v) is 13.5. The molecule has 3 aromatic carbocycles. The predicted molar refractivity (Wildman–Crippen MR) is 157 cm³/mol. The van der Waals surface area contributed by atoms with Gasteiger partial charge in [0.2, 0.25) is 0 Å². The minimum Gasteiger partial charge on any atom is -0.378 e. The van der Waals surface area contributed by atoms with Gasteiger partial charge in [-0.1, -0.05) is 40.2 Å². The summed E-state index contributed by atoms with van der Waals surface area (Å²) in [7, 11) is 8.18. The number of carbonyl (C=O) groups is 1. The lowest BCUT2D eigenvalue weighted by atomic mass is 9.77. The van der Waals surface area contributed by atoms with Crippen LogP contribution >= 0.6 is 15.9 Å². The maximum absolute atomic E-state index is 13.8. The Bertz CT molecular complexity index is 1330. The molecule has 2 atom stereocenters. The number of halogens is 1. The summed E-state index contributed by atoms with van der Waals surface area (Å²) in [5.41, 5.74) is 7.52. The van der Waals surface area contributed by atoms with Crippen LogP contribution in [-0.2, 0) is 0 Å². The normalized spacial score (nSPS) is 20.0. The van der Waals surface area contributed by atoms with Crippen LogP contribution in [0, 0.1) is 5.92 Å². The standard InChI is InChI=1S/C31H33BrN4O/c1-34(2)26-16-8-21(9-17-26)20-24-6-5-7-28-29(24)33-36(31(37)23-10-14-25(32)15-11-23)30(28)22-12-18-27(19-13-22)35(3)4/h8-20,28,30H,5-7H2,1-4H3/b24-20+.